The summed E-state index contributed by atoms with van der Waals surface area (Å²) >= 11 is 0. The summed E-state index contributed by atoms with van der Waals surface area (Å²) in [6.45, 7) is 2.43. The number of nitrogens with zero attached hydrogens (tertiary/aromatic N) is 5. The van der Waals surface area contributed by atoms with Crippen molar-refractivity contribution in [2.75, 3.05) is 11.9 Å². The van der Waals surface area contributed by atoms with Gasteiger partial charge in [-0.1, -0.05) is 54.4 Å². The SMILES string of the molecule is Cc1ccc(NC2=NC(c3ccccc3)(C(F)(F)F)C(C#N)=C3N4CCCCCC4=NN23)cc1. The van der Waals surface area contributed by atoms with Crippen LogP contribution in [0.15, 0.2) is 76.1 Å². The number of nitriles is 1. The van der Waals surface area contributed by atoms with E-state index in [2.05, 4.69) is 15.4 Å². The number of nitrogens with one attached hydrogen (secondary N) is 1. The van der Waals surface area contributed by atoms with Crippen LogP contribution in [0.3, 0.4) is 0 Å². The van der Waals surface area contributed by atoms with Crippen molar-refractivity contribution in [3.05, 3.63) is 77.1 Å². The van der Waals surface area contributed by atoms with Crippen LogP contribution in [-0.4, -0.2) is 34.4 Å². The van der Waals surface area contributed by atoms with Gasteiger partial charge in [-0.2, -0.15) is 23.4 Å². The van der Waals surface area contributed by atoms with Gasteiger partial charge in [0.15, 0.2) is 5.82 Å². The second-order valence-electron chi connectivity index (χ2n) is 8.60. The van der Waals surface area contributed by atoms with Crippen LogP contribution in [0.2, 0.25) is 0 Å². The monoisotopic (exact) mass is 464 g/mol. The smallest absolute Gasteiger partial charge is 0.324 e. The molecule has 5 rings (SSSR count). The molecule has 0 saturated carbocycles. The maximum atomic E-state index is 15.1. The Labute approximate surface area is 195 Å². The molecule has 3 aliphatic rings. The number of aliphatic imine (C=N–C) groups is 1. The Morgan fingerprint density at radius 1 is 1.03 bits per heavy atom. The molecule has 174 valence electrons. The maximum Gasteiger partial charge on any atom is 0.423 e. The van der Waals surface area contributed by atoms with Crippen LogP contribution in [0.25, 0.3) is 0 Å². The maximum absolute atomic E-state index is 15.1. The summed E-state index contributed by atoms with van der Waals surface area (Å²) in [6, 6.07) is 16.6. The van der Waals surface area contributed by atoms with Gasteiger partial charge in [-0.05, 0) is 37.5 Å². The molecule has 0 radical (unpaired) electrons. The lowest BCUT2D eigenvalue weighted by Gasteiger charge is -2.40. The number of hydrogen-bond donors (Lipinski definition) is 1. The predicted molar refractivity (Wildman–Crippen MR) is 123 cm³/mol. The summed E-state index contributed by atoms with van der Waals surface area (Å²) in [7, 11) is 0. The van der Waals surface area contributed by atoms with Gasteiger partial charge in [0, 0.05) is 18.7 Å². The topological polar surface area (TPSA) is 67.0 Å². The lowest BCUT2D eigenvalue weighted by molar-refractivity contribution is -0.177. The van der Waals surface area contributed by atoms with E-state index in [4.69, 9.17) is 0 Å². The van der Waals surface area contributed by atoms with Gasteiger partial charge in [0.05, 0.1) is 0 Å². The molecule has 9 heteroatoms. The van der Waals surface area contributed by atoms with Gasteiger partial charge < -0.3 is 10.2 Å². The first-order chi connectivity index (χ1) is 16.3. The van der Waals surface area contributed by atoms with E-state index >= 15 is 13.2 Å². The van der Waals surface area contributed by atoms with E-state index in [0.29, 0.717) is 24.5 Å². The summed E-state index contributed by atoms with van der Waals surface area (Å²) in [6.07, 6.45) is -1.60. The third kappa shape index (κ3) is 3.41. The van der Waals surface area contributed by atoms with E-state index in [0.717, 1.165) is 24.8 Å². The molecule has 6 nitrogen and oxygen atoms in total. The number of amidine groups is 1. The predicted octanol–water partition coefficient (Wildman–Crippen LogP) is 5.47. The normalized spacial score (nSPS) is 22.3. The van der Waals surface area contributed by atoms with Crippen molar-refractivity contribution >= 4 is 17.5 Å². The summed E-state index contributed by atoms with van der Waals surface area (Å²) in [5.41, 5.74) is -1.85. The molecule has 0 amide bonds. The van der Waals surface area contributed by atoms with E-state index in [1.54, 1.807) is 23.1 Å². The molecular formula is C25H23F3N6. The second-order valence-corrected chi connectivity index (χ2v) is 8.60. The number of halogens is 3. The molecule has 0 aliphatic carbocycles. The van der Waals surface area contributed by atoms with Crippen LogP contribution in [0, 0.1) is 18.3 Å². The molecule has 1 unspecified atom stereocenters. The number of hydrazone groups is 1. The van der Waals surface area contributed by atoms with Gasteiger partial charge >= 0.3 is 6.18 Å². The minimum Gasteiger partial charge on any atom is -0.324 e. The summed E-state index contributed by atoms with van der Waals surface area (Å²) < 4.78 is 45.2. The zero-order valence-corrected chi connectivity index (χ0v) is 18.6. The van der Waals surface area contributed by atoms with Crippen molar-refractivity contribution in [2.24, 2.45) is 10.1 Å². The molecule has 3 heterocycles. The van der Waals surface area contributed by atoms with Gasteiger partial charge in [0.1, 0.15) is 17.5 Å². The van der Waals surface area contributed by atoms with Crippen LogP contribution >= 0.6 is 0 Å². The van der Waals surface area contributed by atoms with Crippen molar-refractivity contribution in [1.29, 1.82) is 5.26 Å². The molecule has 0 aromatic heterocycles. The van der Waals surface area contributed by atoms with Crippen molar-refractivity contribution in [3.63, 3.8) is 0 Å². The minimum absolute atomic E-state index is 0.0698. The molecule has 0 bridgehead atoms. The molecule has 0 spiro atoms. The Balaban J connectivity index is 1.76. The largest absolute Gasteiger partial charge is 0.423 e. The van der Waals surface area contributed by atoms with Gasteiger partial charge in [-0.15, -0.1) is 5.10 Å². The minimum atomic E-state index is -4.87. The Hall–Kier alpha value is -3.80. The Kier molecular flexibility index (Phi) is 5.31. The highest BCUT2D eigenvalue weighted by atomic mass is 19.4. The van der Waals surface area contributed by atoms with Crippen molar-refractivity contribution in [2.45, 2.75) is 44.3 Å². The number of rotatable bonds is 2. The van der Waals surface area contributed by atoms with E-state index < -0.39 is 17.3 Å². The molecule has 2 aromatic rings. The van der Waals surface area contributed by atoms with Gasteiger partial charge in [0.2, 0.25) is 11.5 Å². The molecule has 1 N–H and O–H groups in total. The summed E-state index contributed by atoms with van der Waals surface area (Å²) in [5.74, 6) is 0.717. The molecular weight excluding hydrogens is 441 g/mol. The molecule has 2 aromatic carbocycles. The fourth-order valence-corrected chi connectivity index (χ4v) is 4.65. The highest BCUT2D eigenvalue weighted by molar-refractivity contribution is 6.00. The van der Waals surface area contributed by atoms with Gasteiger partial charge in [0.25, 0.3) is 0 Å². The standard InChI is InChI=1S/C25H23F3N6/c1-17-11-13-19(14-12-17)30-23-31-24(25(26,27)28,18-8-4-2-5-9-18)20(16-29)22-33-15-7-3-6-10-21(33)32-34(22)23/h2,4-5,8-9,11-14H,3,6-7,10,15H2,1H3,(H,30,31). The lowest BCUT2D eigenvalue weighted by atomic mass is 9.81. The van der Waals surface area contributed by atoms with Crippen LogP contribution in [0.1, 0.15) is 36.8 Å². The Morgan fingerprint density at radius 3 is 2.44 bits per heavy atom. The first-order valence-electron chi connectivity index (χ1n) is 11.2. The van der Waals surface area contributed by atoms with Gasteiger partial charge in [-0.25, -0.2) is 4.99 Å². The van der Waals surface area contributed by atoms with Crippen molar-refractivity contribution in [3.8, 4) is 6.07 Å². The third-order valence-electron chi connectivity index (χ3n) is 6.35. The van der Waals surface area contributed by atoms with E-state index in [1.807, 2.05) is 25.1 Å². The highest BCUT2D eigenvalue weighted by Gasteiger charge is 2.64. The molecule has 1 atom stereocenters. The van der Waals surface area contributed by atoms with Crippen LogP contribution in [-0.2, 0) is 5.54 Å². The van der Waals surface area contributed by atoms with E-state index in [1.165, 1.54) is 29.3 Å². The molecule has 1 fully saturated rings. The van der Waals surface area contributed by atoms with Crippen LogP contribution in [0.4, 0.5) is 18.9 Å². The second kappa shape index (κ2) is 8.20. The number of guanidine groups is 1. The summed E-state index contributed by atoms with van der Waals surface area (Å²) in [5, 5.41) is 19.2. The molecule has 34 heavy (non-hydrogen) atoms. The number of aryl methyl sites for hydroxylation is 1. The number of alkyl halides is 3. The third-order valence-corrected chi connectivity index (χ3v) is 6.35. The molecule has 1 saturated heterocycles. The number of anilines is 1. The van der Waals surface area contributed by atoms with Crippen LogP contribution < -0.4 is 5.32 Å². The quantitative estimate of drug-likeness (QED) is 0.640. The first-order valence-corrected chi connectivity index (χ1v) is 11.2. The fraction of sp³-hybridized carbons (Fsp3) is 0.320. The zero-order chi connectivity index (χ0) is 23.9. The fourth-order valence-electron chi connectivity index (χ4n) is 4.65. The van der Waals surface area contributed by atoms with Crippen molar-refractivity contribution in [1.82, 2.24) is 9.91 Å². The Bertz CT molecular complexity index is 1220. The Morgan fingerprint density at radius 2 is 1.76 bits per heavy atom. The highest BCUT2D eigenvalue weighted by Crippen LogP contribution is 2.52. The van der Waals surface area contributed by atoms with E-state index in [9.17, 15) is 5.26 Å². The average molecular weight is 464 g/mol. The number of hydrogen-bond acceptors (Lipinski definition) is 6. The summed E-state index contributed by atoms with van der Waals surface area (Å²) in [4.78, 5) is 6.01. The first kappa shape index (κ1) is 22.0. The lowest BCUT2D eigenvalue weighted by Crippen LogP contribution is -2.51. The van der Waals surface area contributed by atoms with Crippen LogP contribution in [0.5, 0.6) is 0 Å². The van der Waals surface area contributed by atoms with Gasteiger partial charge in [-0.3, -0.25) is 0 Å². The van der Waals surface area contributed by atoms with Crippen molar-refractivity contribution < 1.29 is 13.2 Å². The number of benzene rings is 2. The zero-order valence-electron chi connectivity index (χ0n) is 18.6. The average Bonchev–Trinajstić information content (AvgIpc) is 3.02. The molecule has 3 aliphatic heterocycles. The van der Waals surface area contributed by atoms with E-state index in [-0.39, 0.29) is 17.3 Å². The number of fused-ring (bicyclic) bond motifs is 3.